The summed E-state index contributed by atoms with van der Waals surface area (Å²) in [6, 6.07) is 26.6. The molecule has 0 spiro atoms. The number of amides is 2. The summed E-state index contributed by atoms with van der Waals surface area (Å²) < 4.78 is 1.87. The molecule has 5 rings (SSSR count). The third-order valence-electron chi connectivity index (χ3n) is 5.86. The summed E-state index contributed by atoms with van der Waals surface area (Å²) in [4.78, 5) is 26.1. The Hall–Kier alpha value is -4.19. The molecule has 6 heteroatoms. The smallest absolute Gasteiger partial charge is 0.276 e. The van der Waals surface area contributed by atoms with E-state index in [0.717, 1.165) is 41.8 Å². The number of anilines is 1. The normalized spacial score (nSPS) is 12.2. The molecule has 1 aromatic heterocycles. The maximum Gasteiger partial charge on any atom is 0.276 e. The first-order chi connectivity index (χ1) is 16.2. The lowest BCUT2D eigenvalue weighted by Gasteiger charge is -2.11. The minimum absolute atomic E-state index is 0.241. The van der Waals surface area contributed by atoms with Crippen LogP contribution in [0, 0.1) is 0 Å². The Morgan fingerprint density at radius 3 is 2.30 bits per heavy atom. The molecule has 33 heavy (non-hydrogen) atoms. The Balaban J connectivity index is 1.38. The van der Waals surface area contributed by atoms with Crippen molar-refractivity contribution in [2.45, 2.75) is 25.8 Å². The highest BCUT2D eigenvalue weighted by Gasteiger charge is 2.27. The number of carbonyl (C=O) groups is 2. The van der Waals surface area contributed by atoms with E-state index >= 15 is 0 Å². The number of rotatable bonds is 6. The second-order valence-electron chi connectivity index (χ2n) is 8.04. The van der Waals surface area contributed by atoms with Crippen molar-refractivity contribution in [1.29, 1.82) is 0 Å². The zero-order valence-corrected chi connectivity index (χ0v) is 18.1. The summed E-state index contributed by atoms with van der Waals surface area (Å²) in [6.07, 6.45) is 2.71. The molecule has 2 N–H and O–H groups in total. The number of carbonyl (C=O) groups excluding carboxylic acids is 2. The molecule has 4 aromatic rings. The van der Waals surface area contributed by atoms with Crippen LogP contribution in [0.3, 0.4) is 0 Å². The minimum atomic E-state index is -0.300. The number of aromatic nitrogens is 2. The van der Waals surface area contributed by atoms with Crippen LogP contribution in [0.15, 0.2) is 84.9 Å². The van der Waals surface area contributed by atoms with Gasteiger partial charge < -0.3 is 10.6 Å². The number of benzene rings is 3. The Bertz CT molecular complexity index is 1300. The quantitative estimate of drug-likeness (QED) is 0.466. The van der Waals surface area contributed by atoms with Gasteiger partial charge in [0.2, 0.25) is 0 Å². The summed E-state index contributed by atoms with van der Waals surface area (Å²) in [5.41, 5.74) is 5.33. The Morgan fingerprint density at radius 2 is 1.52 bits per heavy atom. The van der Waals surface area contributed by atoms with Crippen molar-refractivity contribution in [2.75, 3.05) is 5.32 Å². The van der Waals surface area contributed by atoms with Crippen LogP contribution in [0.1, 0.15) is 44.1 Å². The molecule has 0 fully saturated rings. The average molecular weight is 437 g/mol. The Morgan fingerprint density at radius 1 is 0.818 bits per heavy atom. The van der Waals surface area contributed by atoms with Crippen LogP contribution in [0.25, 0.3) is 5.69 Å². The Kier molecular flexibility index (Phi) is 5.72. The molecule has 164 valence electrons. The molecular weight excluding hydrogens is 412 g/mol. The number of fused-ring (bicyclic) bond motifs is 1. The zero-order valence-electron chi connectivity index (χ0n) is 18.1. The van der Waals surface area contributed by atoms with Gasteiger partial charge in [0.15, 0.2) is 5.69 Å². The number of para-hydroxylation sites is 2. The van der Waals surface area contributed by atoms with Gasteiger partial charge in [-0.3, -0.25) is 9.59 Å². The molecule has 6 nitrogen and oxygen atoms in total. The molecular formula is C27H24N4O2. The molecule has 2 amide bonds. The molecule has 0 aliphatic heterocycles. The largest absolute Gasteiger partial charge is 0.348 e. The van der Waals surface area contributed by atoms with E-state index in [0.29, 0.717) is 23.5 Å². The van der Waals surface area contributed by atoms with Crippen LogP contribution in [-0.4, -0.2) is 21.6 Å². The molecule has 1 aliphatic carbocycles. The Labute approximate surface area is 192 Å². The molecule has 1 aliphatic rings. The fourth-order valence-electron chi connectivity index (χ4n) is 4.25. The van der Waals surface area contributed by atoms with Crippen molar-refractivity contribution in [3.05, 3.63) is 113 Å². The van der Waals surface area contributed by atoms with Crippen LogP contribution in [0.2, 0.25) is 0 Å². The van der Waals surface area contributed by atoms with Gasteiger partial charge >= 0.3 is 0 Å². The number of hydrogen-bond donors (Lipinski definition) is 2. The van der Waals surface area contributed by atoms with Crippen molar-refractivity contribution in [2.24, 2.45) is 0 Å². The van der Waals surface area contributed by atoms with Gasteiger partial charge in [0.05, 0.1) is 16.9 Å². The minimum Gasteiger partial charge on any atom is -0.348 e. The SMILES string of the molecule is O=C(NCc1ccccc1)c1ccccc1NC(=O)c1nn(-c2ccccc2)c2c1CCC2. The first-order valence-corrected chi connectivity index (χ1v) is 11.1. The van der Waals surface area contributed by atoms with E-state index < -0.39 is 0 Å². The van der Waals surface area contributed by atoms with Gasteiger partial charge in [0.1, 0.15) is 0 Å². The van der Waals surface area contributed by atoms with E-state index in [1.54, 1.807) is 24.3 Å². The fraction of sp³-hybridized carbons (Fsp3) is 0.148. The van der Waals surface area contributed by atoms with Gasteiger partial charge in [0, 0.05) is 17.8 Å². The number of hydrogen-bond acceptors (Lipinski definition) is 3. The maximum atomic E-state index is 13.3. The standard InChI is InChI=1S/C27H24N4O2/c32-26(28-18-19-10-3-1-4-11-19)21-14-7-8-16-23(21)29-27(33)25-22-15-9-17-24(22)31(30-25)20-12-5-2-6-13-20/h1-8,10-14,16H,9,15,17-18H2,(H,28,32)(H,29,33). The lowest BCUT2D eigenvalue weighted by atomic mass is 10.1. The van der Waals surface area contributed by atoms with Gasteiger partial charge in [-0.1, -0.05) is 60.7 Å². The molecule has 1 heterocycles. The van der Waals surface area contributed by atoms with E-state index in [2.05, 4.69) is 15.7 Å². The van der Waals surface area contributed by atoms with Gasteiger partial charge in [-0.15, -0.1) is 0 Å². The average Bonchev–Trinajstić information content (AvgIpc) is 3.47. The first kappa shape index (κ1) is 20.7. The van der Waals surface area contributed by atoms with Crippen LogP contribution >= 0.6 is 0 Å². The molecule has 0 radical (unpaired) electrons. The summed E-state index contributed by atoms with van der Waals surface area (Å²) in [5.74, 6) is -0.541. The second kappa shape index (κ2) is 9.12. The molecule has 0 unspecified atom stereocenters. The topological polar surface area (TPSA) is 76.0 Å². The van der Waals surface area contributed by atoms with E-state index in [1.807, 2.05) is 65.3 Å². The predicted molar refractivity (Wildman–Crippen MR) is 128 cm³/mol. The van der Waals surface area contributed by atoms with E-state index in [4.69, 9.17) is 0 Å². The van der Waals surface area contributed by atoms with E-state index in [-0.39, 0.29) is 11.8 Å². The highest BCUT2D eigenvalue weighted by Crippen LogP contribution is 2.28. The van der Waals surface area contributed by atoms with Crippen LogP contribution in [0.5, 0.6) is 0 Å². The summed E-state index contributed by atoms with van der Waals surface area (Å²) in [5, 5.41) is 10.5. The number of nitrogens with zero attached hydrogens (tertiary/aromatic N) is 2. The number of nitrogens with one attached hydrogen (secondary N) is 2. The van der Waals surface area contributed by atoms with Gasteiger partial charge in [-0.05, 0) is 49.1 Å². The van der Waals surface area contributed by atoms with Crippen molar-refractivity contribution >= 4 is 17.5 Å². The van der Waals surface area contributed by atoms with E-state index in [1.165, 1.54) is 0 Å². The molecule has 0 saturated heterocycles. The van der Waals surface area contributed by atoms with Gasteiger partial charge in [-0.2, -0.15) is 5.10 Å². The lowest BCUT2D eigenvalue weighted by molar-refractivity contribution is 0.0952. The molecule has 0 saturated carbocycles. The monoisotopic (exact) mass is 436 g/mol. The van der Waals surface area contributed by atoms with Crippen molar-refractivity contribution in [3.8, 4) is 5.69 Å². The maximum absolute atomic E-state index is 13.3. The second-order valence-corrected chi connectivity index (χ2v) is 8.04. The molecule has 0 bridgehead atoms. The van der Waals surface area contributed by atoms with Gasteiger partial charge in [0.25, 0.3) is 11.8 Å². The van der Waals surface area contributed by atoms with Crippen LogP contribution in [0.4, 0.5) is 5.69 Å². The summed E-state index contributed by atoms with van der Waals surface area (Å²) >= 11 is 0. The lowest BCUT2D eigenvalue weighted by Crippen LogP contribution is -2.25. The summed E-state index contributed by atoms with van der Waals surface area (Å²) in [7, 11) is 0. The van der Waals surface area contributed by atoms with E-state index in [9.17, 15) is 9.59 Å². The van der Waals surface area contributed by atoms with Crippen LogP contribution < -0.4 is 10.6 Å². The van der Waals surface area contributed by atoms with Crippen LogP contribution in [-0.2, 0) is 19.4 Å². The van der Waals surface area contributed by atoms with Gasteiger partial charge in [-0.25, -0.2) is 4.68 Å². The fourth-order valence-corrected chi connectivity index (χ4v) is 4.25. The van der Waals surface area contributed by atoms with Crippen molar-refractivity contribution in [3.63, 3.8) is 0 Å². The molecule has 3 aromatic carbocycles. The first-order valence-electron chi connectivity index (χ1n) is 11.1. The van der Waals surface area contributed by atoms with Crippen molar-refractivity contribution in [1.82, 2.24) is 15.1 Å². The highest BCUT2D eigenvalue weighted by atomic mass is 16.2. The predicted octanol–water partition coefficient (Wildman–Crippen LogP) is 4.54. The zero-order chi connectivity index (χ0) is 22.6. The summed E-state index contributed by atoms with van der Waals surface area (Å²) in [6.45, 7) is 0.414. The third-order valence-corrected chi connectivity index (χ3v) is 5.86. The third kappa shape index (κ3) is 4.28. The van der Waals surface area contributed by atoms with Crippen molar-refractivity contribution < 1.29 is 9.59 Å². The highest BCUT2D eigenvalue weighted by molar-refractivity contribution is 6.09. The molecule has 0 atom stereocenters.